The van der Waals surface area contributed by atoms with Gasteiger partial charge in [-0.1, -0.05) is 6.92 Å². The van der Waals surface area contributed by atoms with Crippen molar-refractivity contribution in [3.8, 4) is 0 Å². The van der Waals surface area contributed by atoms with E-state index in [1.165, 1.54) is 0 Å². The van der Waals surface area contributed by atoms with Gasteiger partial charge < -0.3 is 0 Å². The Morgan fingerprint density at radius 2 is 2.55 bits per heavy atom. The fourth-order valence-corrected chi connectivity index (χ4v) is 2.26. The third-order valence-corrected chi connectivity index (χ3v) is 2.78. The molecule has 1 rings (SSSR count). The van der Waals surface area contributed by atoms with Crippen molar-refractivity contribution in [2.45, 2.75) is 12.2 Å². The van der Waals surface area contributed by atoms with Crippen molar-refractivity contribution >= 4 is 11.8 Å². The van der Waals surface area contributed by atoms with E-state index in [9.17, 15) is 10.1 Å². The smallest absolute Gasteiger partial charge is 0.259 e. The van der Waals surface area contributed by atoms with Gasteiger partial charge in [-0.3, -0.25) is 10.1 Å². The van der Waals surface area contributed by atoms with E-state index < -0.39 is 0 Å². The molecule has 4 nitrogen and oxygen atoms in total. The van der Waals surface area contributed by atoms with Gasteiger partial charge in [0.2, 0.25) is 0 Å². The number of hydrogen-bond acceptors (Lipinski definition) is 4. The van der Waals surface area contributed by atoms with Gasteiger partial charge >= 0.3 is 0 Å². The highest BCUT2D eigenvalue weighted by Crippen LogP contribution is 2.16. The fourth-order valence-electron chi connectivity index (χ4n) is 1.18. The quantitative estimate of drug-likeness (QED) is 0.458. The van der Waals surface area contributed by atoms with Crippen LogP contribution in [-0.4, -0.2) is 40.6 Å². The molecule has 1 unspecified atom stereocenters. The molecule has 0 N–H and O–H groups in total. The molecule has 0 aromatic heterocycles. The molecule has 0 aromatic carbocycles. The Balaban J connectivity index is 2.28. The maximum absolute atomic E-state index is 10.1. The van der Waals surface area contributed by atoms with Gasteiger partial charge in [-0.15, -0.1) is 0 Å². The first-order chi connectivity index (χ1) is 5.18. The van der Waals surface area contributed by atoms with E-state index in [1.54, 1.807) is 0 Å². The number of nitrogens with zero attached hydrogens (tertiary/aromatic N) is 2. The molecule has 5 heteroatoms. The van der Waals surface area contributed by atoms with Crippen LogP contribution >= 0.6 is 11.8 Å². The lowest BCUT2D eigenvalue weighted by Crippen LogP contribution is -2.39. The molecule has 0 aromatic rings. The molecular weight excluding hydrogens is 164 g/mol. The van der Waals surface area contributed by atoms with Gasteiger partial charge in [0.15, 0.2) is 0 Å². The monoisotopic (exact) mass is 176 g/mol. The minimum absolute atomic E-state index is 0.00486. The van der Waals surface area contributed by atoms with Gasteiger partial charge in [-0.05, 0) is 0 Å². The molecule has 0 saturated carbocycles. The van der Waals surface area contributed by atoms with Crippen molar-refractivity contribution in [1.82, 2.24) is 4.90 Å². The number of rotatable bonds is 2. The molecule has 1 saturated heterocycles. The van der Waals surface area contributed by atoms with Gasteiger partial charge in [0.05, 0.1) is 0 Å². The zero-order valence-electron chi connectivity index (χ0n) is 6.52. The average Bonchev–Trinajstić information content (AvgIpc) is 1.85. The number of thioether (sulfide) groups is 1. The van der Waals surface area contributed by atoms with Gasteiger partial charge in [-0.25, -0.2) is 4.90 Å². The van der Waals surface area contributed by atoms with Gasteiger partial charge in [0, 0.05) is 29.0 Å². The molecule has 1 atom stereocenters. The molecular formula is C6H12N2O2S. The molecule has 0 bridgehead atoms. The fraction of sp³-hybridized carbons (Fsp3) is 1.00. The Hall–Kier alpha value is -0.290. The van der Waals surface area contributed by atoms with E-state index in [1.807, 2.05) is 16.7 Å². The summed E-state index contributed by atoms with van der Waals surface area (Å²) in [4.78, 5) is 11.8. The molecule has 1 heterocycles. The van der Waals surface area contributed by atoms with Crippen molar-refractivity contribution < 1.29 is 4.92 Å². The summed E-state index contributed by atoms with van der Waals surface area (Å²) < 4.78 is 0. The van der Waals surface area contributed by atoms with Crippen molar-refractivity contribution in [3.63, 3.8) is 0 Å². The lowest BCUT2D eigenvalue weighted by atomic mass is 10.4. The third kappa shape index (κ3) is 3.07. The van der Waals surface area contributed by atoms with Crippen LogP contribution in [0.3, 0.4) is 0 Å². The molecule has 0 amide bonds. The largest absolute Gasteiger partial charge is 0.263 e. The molecule has 0 aliphatic carbocycles. The van der Waals surface area contributed by atoms with Gasteiger partial charge in [-0.2, -0.15) is 11.8 Å². The molecule has 1 aliphatic rings. The summed E-state index contributed by atoms with van der Waals surface area (Å²) in [6.07, 6.45) is 0. The molecule has 64 valence electrons. The SMILES string of the molecule is CC1CN(C[N+](=O)[O-])CCS1. The lowest BCUT2D eigenvalue weighted by Gasteiger charge is -2.26. The molecule has 0 spiro atoms. The first-order valence-corrected chi connectivity index (χ1v) is 4.69. The second-order valence-corrected chi connectivity index (χ2v) is 4.28. The zero-order valence-corrected chi connectivity index (χ0v) is 7.34. The summed E-state index contributed by atoms with van der Waals surface area (Å²) in [5.74, 6) is 1.02. The van der Waals surface area contributed by atoms with Gasteiger partial charge in [0.25, 0.3) is 6.67 Å². The van der Waals surface area contributed by atoms with Crippen LogP contribution in [0.4, 0.5) is 0 Å². The standard InChI is InChI=1S/C6H12N2O2S/c1-6-4-7(2-3-11-6)5-8(9)10/h6H,2-5H2,1H3. The maximum atomic E-state index is 10.1. The zero-order chi connectivity index (χ0) is 8.27. The first-order valence-electron chi connectivity index (χ1n) is 3.64. The Bertz CT molecular complexity index is 154. The van der Waals surface area contributed by atoms with Crippen molar-refractivity contribution in [2.75, 3.05) is 25.5 Å². The topological polar surface area (TPSA) is 46.4 Å². The summed E-state index contributed by atoms with van der Waals surface area (Å²) in [5, 5.41) is 10.7. The average molecular weight is 176 g/mol. The Labute approximate surface area is 70.1 Å². The summed E-state index contributed by atoms with van der Waals surface area (Å²) in [6, 6.07) is 0. The summed E-state index contributed by atoms with van der Waals surface area (Å²) >= 11 is 1.88. The third-order valence-electron chi connectivity index (χ3n) is 1.64. The van der Waals surface area contributed by atoms with Crippen molar-refractivity contribution in [2.24, 2.45) is 0 Å². The highest BCUT2D eigenvalue weighted by atomic mass is 32.2. The second kappa shape index (κ2) is 3.92. The van der Waals surface area contributed by atoms with Crippen molar-refractivity contribution in [3.05, 3.63) is 10.1 Å². The highest BCUT2D eigenvalue weighted by Gasteiger charge is 2.19. The van der Waals surface area contributed by atoms with Crippen LogP contribution in [0.5, 0.6) is 0 Å². The summed E-state index contributed by atoms with van der Waals surface area (Å²) in [5.41, 5.74) is 0. The summed E-state index contributed by atoms with van der Waals surface area (Å²) in [7, 11) is 0. The first kappa shape index (κ1) is 8.80. The Morgan fingerprint density at radius 1 is 1.82 bits per heavy atom. The van der Waals surface area contributed by atoms with Gasteiger partial charge in [0.1, 0.15) is 0 Å². The van der Waals surface area contributed by atoms with E-state index >= 15 is 0 Å². The van der Waals surface area contributed by atoms with Crippen LogP contribution in [0.2, 0.25) is 0 Å². The predicted octanol–water partition coefficient (Wildman–Crippen LogP) is 0.658. The predicted molar refractivity (Wildman–Crippen MR) is 45.4 cm³/mol. The van der Waals surface area contributed by atoms with Crippen LogP contribution in [0.15, 0.2) is 0 Å². The van der Waals surface area contributed by atoms with E-state index in [0.717, 1.165) is 18.8 Å². The minimum Gasteiger partial charge on any atom is -0.263 e. The molecule has 0 radical (unpaired) electrons. The highest BCUT2D eigenvalue weighted by molar-refractivity contribution is 7.99. The summed E-state index contributed by atoms with van der Waals surface area (Å²) in [6.45, 7) is 3.82. The minimum atomic E-state index is -0.261. The van der Waals surface area contributed by atoms with Crippen LogP contribution in [-0.2, 0) is 0 Å². The lowest BCUT2D eigenvalue weighted by molar-refractivity contribution is -0.504. The number of nitro groups is 1. The molecule has 1 fully saturated rings. The number of hydrogen-bond donors (Lipinski definition) is 0. The Morgan fingerprint density at radius 3 is 3.09 bits per heavy atom. The molecule has 1 aliphatic heterocycles. The normalized spacial score (nSPS) is 26.8. The van der Waals surface area contributed by atoms with Crippen molar-refractivity contribution in [1.29, 1.82) is 0 Å². The van der Waals surface area contributed by atoms with E-state index in [-0.39, 0.29) is 11.6 Å². The van der Waals surface area contributed by atoms with E-state index in [0.29, 0.717) is 5.25 Å². The molecule has 11 heavy (non-hydrogen) atoms. The van der Waals surface area contributed by atoms with Crippen LogP contribution < -0.4 is 0 Å². The van der Waals surface area contributed by atoms with E-state index in [4.69, 9.17) is 0 Å². The second-order valence-electron chi connectivity index (χ2n) is 2.73. The maximum Gasteiger partial charge on any atom is 0.259 e. The van der Waals surface area contributed by atoms with E-state index in [2.05, 4.69) is 6.92 Å². The van der Waals surface area contributed by atoms with Crippen LogP contribution in [0, 0.1) is 10.1 Å². The Kier molecular flexibility index (Phi) is 3.14. The van der Waals surface area contributed by atoms with Crippen LogP contribution in [0.25, 0.3) is 0 Å². The van der Waals surface area contributed by atoms with Crippen LogP contribution in [0.1, 0.15) is 6.92 Å².